The lowest BCUT2D eigenvalue weighted by atomic mass is 9.95. The van der Waals surface area contributed by atoms with Crippen molar-refractivity contribution in [3.05, 3.63) is 108 Å². The summed E-state index contributed by atoms with van der Waals surface area (Å²) in [4.78, 5) is 19.5. The van der Waals surface area contributed by atoms with Crippen LogP contribution in [0.2, 0.25) is 5.02 Å². The van der Waals surface area contributed by atoms with Crippen molar-refractivity contribution in [2.24, 2.45) is 4.99 Å². The summed E-state index contributed by atoms with van der Waals surface area (Å²) in [6.45, 7) is 0.336. The van der Waals surface area contributed by atoms with Crippen LogP contribution in [-0.4, -0.2) is 12.1 Å². The van der Waals surface area contributed by atoms with Crippen molar-refractivity contribution in [2.75, 3.05) is 5.32 Å². The molecule has 1 amide bonds. The van der Waals surface area contributed by atoms with Gasteiger partial charge in [0.05, 0.1) is 20.8 Å². The number of hydrogen-bond acceptors (Lipinski definition) is 5. The first-order valence-electron chi connectivity index (χ1n) is 12.2. The molecule has 0 saturated carbocycles. The number of carbonyl (C=O) groups is 1. The Labute approximate surface area is 244 Å². The monoisotopic (exact) mass is 651 g/mol. The topological polar surface area (TPSA) is 74.5 Å². The molecule has 1 N–H and O–H groups in total. The van der Waals surface area contributed by atoms with Gasteiger partial charge in [-0.15, -0.1) is 11.3 Å². The molecule has 0 atom stereocenters. The molecule has 1 aromatic heterocycles. The van der Waals surface area contributed by atoms with E-state index in [1.807, 2.05) is 54.6 Å². The van der Waals surface area contributed by atoms with Gasteiger partial charge in [-0.2, -0.15) is 5.26 Å². The van der Waals surface area contributed by atoms with Crippen LogP contribution >= 0.6 is 45.5 Å². The fourth-order valence-corrected chi connectivity index (χ4v) is 6.82. The van der Waals surface area contributed by atoms with E-state index in [0.717, 1.165) is 51.6 Å². The Hall–Kier alpha value is -3.19. The summed E-state index contributed by atoms with van der Waals surface area (Å²) in [6, 6.07) is 22.6. The summed E-state index contributed by atoms with van der Waals surface area (Å²) < 4.78 is 7.05. The normalized spacial score (nSPS) is 12.7. The molecule has 5 rings (SSSR count). The van der Waals surface area contributed by atoms with E-state index in [9.17, 15) is 4.79 Å². The fraction of sp³-hybridized carbons (Fsp3) is 0.167. The highest BCUT2D eigenvalue weighted by Crippen LogP contribution is 2.40. The Kier molecular flexibility index (Phi) is 8.42. The molecule has 1 aliphatic carbocycles. The number of fused-ring (bicyclic) bond motifs is 1. The minimum Gasteiger partial charge on any atom is -0.487 e. The zero-order chi connectivity index (χ0) is 26.5. The lowest BCUT2D eigenvalue weighted by molar-refractivity contribution is 0.102. The molecule has 0 saturated heterocycles. The van der Waals surface area contributed by atoms with E-state index in [1.165, 1.54) is 4.88 Å². The lowest BCUT2D eigenvalue weighted by Gasteiger charge is -2.13. The molecule has 0 radical (unpaired) electrons. The standard InChI is InChI=1S/C30H23ClIN3O2S/c31-22-14-21(28(25(32)15-22)37-18-20-12-10-19(16-33)11-13-20)17-34-30-27(24-8-4-5-9-26(24)38-30)29(36)35-23-6-2-1-3-7-23/h1-3,6-7,10-15,17H,4-5,8-9,18H2,(H,35,36). The number of ether oxygens (including phenoxy) is 1. The molecule has 190 valence electrons. The number of amides is 1. The van der Waals surface area contributed by atoms with Crippen LogP contribution in [0.5, 0.6) is 5.75 Å². The molecule has 0 aliphatic heterocycles. The average molecular weight is 652 g/mol. The highest BCUT2D eigenvalue weighted by Gasteiger charge is 2.25. The maximum atomic E-state index is 13.4. The molecule has 5 nitrogen and oxygen atoms in total. The molecule has 3 aromatic carbocycles. The van der Waals surface area contributed by atoms with E-state index >= 15 is 0 Å². The van der Waals surface area contributed by atoms with Gasteiger partial charge in [0.2, 0.25) is 0 Å². The number of benzene rings is 3. The van der Waals surface area contributed by atoms with Gasteiger partial charge in [-0.1, -0.05) is 41.9 Å². The second-order valence-electron chi connectivity index (χ2n) is 8.87. The Balaban J connectivity index is 1.45. The molecule has 0 bridgehead atoms. The molecule has 4 aromatic rings. The Morgan fingerprint density at radius 1 is 1.13 bits per heavy atom. The molecule has 1 heterocycles. The molecule has 0 spiro atoms. The molecule has 0 unspecified atom stereocenters. The van der Waals surface area contributed by atoms with E-state index in [-0.39, 0.29) is 5.91 Å². The van der Waals surface area contributed by atoms with Crippen molar-refractivity contribution in [1.82, 2.24) is 0 Å². The lowest BCUT2D eigenvalue weighted by Crippen LogP contribution is -2.14. The highest BCUT2D eigenvalue weighted by atomic mass is 127. The van der Waals surface area contributed by atoms with Crippen LogP contribution in [0.1, 0.15) is 50.3 Å². The molecular weight excluding hydrogens is 629 g/mol. The zero-order valence-electron chi connectivity index (χ0n) is 20.3. The van der Waals surface area contributed by atoms with Gasteiger partial charge >= 0.3 is 0 Å². The number of aliphatic imine (C=N–C) groups is 1. The van der Waals surface area contributed by atoms with Gasteiger partial charge < -0.3 is 10.1 Å². The number of thiophene rings is 1. The summed E-state index contributed by atoms with van der Waals surface area (Å²) in [5, 5.41) is 13.3. The first-order valence-corrected chi connectivity index (χ1v) is 14.4. The smallest absolute Gasteiger partial charge is 0.259 e. The van der Waals surface area contributed by atoms with Crippen molar-refractivity contribution in [3.8, 4) is 11.8 Å². The van der Waals surface area contributed by atoms with E-state index in [1.54, 1.807) is 29.7 Å². The summed E-state index contributed by atoms with van der Waals surface area (Å²) in [6.07, 6.45) is 5.77. The molecule has 0 fully saturated rings. The number of carbonyl (C=O) groups excluding carboxylic acids is 1. The van der Waals surface area contributed by atoms with E-state index in [0.29, 0.717) is 33.5 Å². The maximum Gasteiger partial charge on any atom is 0.259 e. The number of rotatable bonds is 7. The predicted molar refractivity (Wildman–Crippen MR) is 162 cm³/mol. The molecular formula is C30H23ClIN3O2S. The number of hydrogen-bond donors (Lipinski definition) is 1. The number of anilines is 1. The van der Waals surface area contributed by atoms with Gasteiger partial charge in [0.15, 0.2) is 0 Å². The van der Waals surface area contributed by atoms with Crippen LogP contribution in [0.3, 0.4) is 0 Å². The van der Waals surface area contributed by atoms with Crippen LogP contribution in [-0.2, 0) is 19.4 Å². The number of aryl methyl sites for hydroxylation is 1. The van der Waals surface area contributed by atoms with Crippen LogP contribution in [0.4, 0.5) is 10.7 Å². The van der Waals surface area contributed by atoms with Gasteiger partial charge in [-0.25, -0.2) is 4.99 Å². The average Bonchev–Trinajstić information content (AvgIpc) is 3.30. The van der Waals surface area contributed by atoms with Crippen LogP contribution < -0.4 is 10.1 Å². The molecule has 8 heteroatoms. The minimum absolute atomic E-state index is 0.138. The van der Waals surface area contributed by atoms with E-state index < -0.39 is 0 Å². The fourth-order valence-electron chi connectivity index (χ4n) is 4.38. The highest BCUT2D eigenvalue weighted by molar-refractivity contribution is 14.1. The number of para-hydroxylation sites is 1. The van der Waals surface area contributed by atoms with Crippen molar-refractivity contribution >= 4 is 68.3 Å². The molecule has 38 heavy (non-hydrogen) atoms. The van der Waals surface area contributed by atoms with E-state index in [4.69, 9.17) is 26.6 Å². The van der Waals surface area contributed by atoms with Crippen LogP contribution in [0.25, 0.3) is 0 Å². The van der Waals surface area contributed by atoms with Gasteiger partial charge in [0.25, 0.3) is 5.91 Å². The van der Waals surface area contributed by atoms with Gasteiger partial charge in [-0.3, -0.25) is 4.79 Å². The molecule has 1 aliphatic rings. The van der Waals surface area contributed by atoms with Crippen molar-refractivity contribution < 1.29 is 9.53 Å². The second kappa shape index (κ2) is 12.1. The Morgan fingerprint density at radius 3 is 2.66 bits per heavy atom. The predicted octanol–water partition coefficient (Wildman–Crippen LogP) is 8.34. The number of nitrogens with zero attached hydrogens (tertiary/aromatic N) is 2. The summed E-state index contributed by atoms with van der Waals surface area (Å²) >= 11 is 10.2. The van der Waals surface area contributed by atoms with Gasteiger partial charge in [-0.05, 0) is 95.8 Å². The first kappa shape index (κ1) is 26.4. The van der Waals surface area contributed by atoms with Crippen molar-refractivity contribution in [1.29, 1.82) is 5.26 Å². The van der Waals surface area contributed by atoms with E-state index in [2.05, 4.69) is 34.0 Å². The third-order valence-electron chi connectivity index (χ3n) is 6.24. The minimum atomic E-state index is -0.138. The van der Waals surface area contributed by atoms with Gasteiger partial charge in [0.1, 0.15) is 17.4 Å². The maximum absolute atomic E-state index is 13.4. The first-order chi connectivity index (χ1) is 18.5. The third kappa shape index (κ3) is 6.09. The Bertz CT molecular complexity index is 1540. The summed E-state index contributed by atoms with van der Waals surface area (Å²) in [5.74, 6) is 0.528. The summed E-state index contributed by atoms with van der Waals surface area (Å²) in [7, 11) is 0. The third-order valence-corrected chi connectivity index (χ3v) is 8.45. The second-order valence-corrected chi connectivity index (χ2v) is 11.6. The summed E-state index contributed by atoms with van der Waals surface area (Å²) in [5.41, 5.74) is 4.81. The van der Waals surface area contributed by atoms with Gasteiger partial charge in [0, 0.05) is 27.4 Å². The quantitative estimate of drug-likeness (QED) is 0.161. The largest absolute Gasteiger partial charge is 0.487 e. The van der Waals surface area contributed by atoms with Crippen molar-refractivity contribution in [2.45, 2.75) is 32.3 Å². The van der Waals surface area contributed by atoms with Crippen LogP contribution in [0.15, 0.2) is 71.7 Å². The number of nitriles is 1. The van der Waals surface area contributed by atoms with Crippen molar-refractivity contribution in [3.63, 3.8) is 0 Å². The van der Waals surface area contributed by atoms with Crippen LogP contribution in [0, 0.1) is 14.9 Å². The Morgan fingerprint density at radius 2 is 1.89 bits per heavy atom. The number of halogens is 2. The zero-order valence-corrected chi connectivity index (χ0v) is 24.1. The SMILES string of the molecule is N#Cc1ccc(COc2c(I)cc(Cl)cc2C=Nc2sc3c(c2C(=O)Nc2ccccc2)CCCC3)cc1. The number of nitrogens with one attached hydrogen (secondary N) is 1.